The fraction of sp³-hybridized carbons (Fsp3) is 0.350. The van der Waals surface area contributed by atoms with Crippen LogP contribution in [-0.2, 0) is 4.79 Å². The zero-order chi connectivity index (χ0) is 19.6. The van der Waals surface area contributed by atoms with Crippen LogP contribution in [0.15, 0.2) is 42.5 Å². The maximum Gasteiger partial charge on any atom is 0.275 e. The minimum absolute atomic E-state index is 0.140. The van der Waals surface area contributed by atoms with E-state index in [4.69, 9.17) is 9.47 Å². The first kappa shape index (κ1) is 20.6. The van der Waals surface area contributed by atoms with Gasteiger partial charge in [0, 0.05) is 11.6 Å². The molecule has 5 nitrogen and oxygen atoms in total. The third kappa shape index (κ3) is 6.86. The minimum Gasteiger partial charge on any atom is -0.494 e. The van der Waals surface area contributed by atoms with Crippen LogP contribution in [0.4, 0.5) is 8.78 Å². The Morgan fingerprint density at radius 1 is 1.11 bits per heavy atom. The van der Waals surface area contributed by atoms with E-state index in [0.717, 1.165) is 11.8 Å². The van der Waals surface area contributed by atoms with Crippen LogP contribution < -0.4 is 20.1 Å². The van der Waals surface area contributed by atoms with Crippen molar-refractivity contribution in [2.24, 2.45) is 0 Å². The number of quaternary nitrogens is 1. The molecule has 0 saturated carbocycles. The first-order valence-corrected chi connectivity index (χ1v) is 8.90. The summed E-state index contributed by atoms with van der Waals surface area (Å²) in [4.78, 5) is 11.9. The van der Waals surface area contributed by atoms with Crippen molar-refractivity contribution in [3.63, 3.8) is 0 Å². The van der Waals surface area contributed by atoms with E-state index in [0.29, 0.717) is 31.1 Å². The maximum atomic E-state index is 13.7. The van der Waals surface area contributed by atoms with Gasteiger partial charge in [-0.1, -0.05) is 0 Å². The van der Waals surface area contributed by atoms with Gasteiger partial charge in [-0.15, -0.1) is 0 Å². The summed E-state index contributed by atoms with van der Waals surface area (Å²) in [5, 5.41) is 4.43. The number of hydrogen-bond donors (Lipinski definition) is 2. The van der Waals surface area contributed by atoms with Crippen molar-refractivity contribution in [1.29, 1.82) is 0 Å². The first-order valence-electron chi connectivity index (χ1n) is 8.90. The Bertz CT molecular complexity index is 739. The zero-order valence-corrected chi connectivity index (χ0v) is 15.5. The lowest BCUT2D eigenvalue weighted by Gasteiger charge is -2.12. The number of carbonyl (C=O) groups is 1. The van der Waals surface area contributed by atoms with Gasteiger partial charge in [0.1, 0.15) is 35.8 Å². The fourth-order valence-electron chi connectivity index (χ4n) is 2.51. The minimum atomic E-state index is -0.617. The number of nitrogens with one attached hydrogen (secondary N) is 1. The number of benzene rings is 2. The Labute approximate surface area is 157 Å². The van der Waals surface area contributed by atoms with Gasteiger partial charge in [0.05, 0.1) is 13.2 Å². The van der Waals surface area contributed by atoms with Crippen molar-refractivity contribution in [2.45, 2.75) is 19.9 Å². The molecule has 2 aromatic rings. The van der Waals surface area contributed by atoms with Crippen molar-refractivity contribution in [1.82, 2.24) is 5.32 Å². The smallest absolute Gasteiger partial charge is 0.275 e. The van der Waals surface area contributed by atoms with Crippen molar-refractivity contribution in [2.75, 3.05) is 26.3 Å². The highest BCUT2D eigenvalue weighted by Crippen LogP contribution is 2.17. The fourth-order valence-corrected chi connectivity index (χ4v) is 2.51. The van der Waals surface area contributed by atoms with Crippen LogP contribution in [0.25, 0.3) is 0 Å². The van der Waals surface area contributed by atoms with Gasteiger partial charge < -0.3 is 20.1 Å². The summed E-state index contributed by atoms with van der Waals surface area (Å²) in [6.07, 6.45) is 0. The lowest BCUT2D eigenvalue weighted by Crippen LogP contribution is -2.87. The predicted octanol–water partition coefficient (Wildman–Crippen LogP) is 2.18. The van der Waals surface area contributed by atoms with Gasteiger partial charge in [0.15, 0.2) is 6.54 Å². The van der Waals surface area contributed by atoms with Gasteiger partial charge in [-0.2, -0.15) is 0 Å². The zero-order valence-electron chi connectivity index (χ0n) is 15.5. The highest BCUT2D eigenvalue weighted by atomic mass is 19.1. The summed E-state index contributed by atoms with van der Waals surface area (Å²) >= 11 is 0. The van der Waals surface area contributed by atoms with E-state index in [1.54, 1.807) is 24.4 Å². The Morgan fingerprint density at radius 3 is 2.41 bits per heavy atom. The molecule has 2 rings (SSSR count). The number of rotatable bonds is 10. The lowest BCUT2D eigenvalue weighted by molar-refractivity contribution is -0.682. The molecule has 1 atom stereocenters. The average Bonchev–Trinajstić information content (AvgIpc) is 2.65. The Hall–Kier alpha value is -2.67. The van der Waals surface area contributed by atoms with E-state index in [2.05, 4.69) is 5.32 Å². The Morgan fingerprint density at radius 2 is 1.78 bits per heavy atom. The molecule has 0 radical (unpaired) electrons. The number of nitrogens with two attached hydrogens (primary N) is 1. The molecule has 0 saturated heterocycles. The van der Waals surface area contributed by atoms with Crippen LogP contribution >= 0.6 is 0 Å². The molecule has 2 aromatic carbocycles. The number of carbonyl (C=O) groups excluding carboxylic acids is 1. The molecule has 3 N–H and O–H groups in total. The second-order valence-corrected chi connectivity index (χ2v) is 6.00. The molecule has 27 heavy (non-hydrogen) atoms. The van der Waals surface area contributed by atoms with Gasteiger partial charge in [0.25, 0.3) is 5.91 Å². The van der Waals surface area contributed by atoms with Crippen LogP contribution in [-0.4, -0.2) is 32.2 Å². The van der Waals surface area contributed by atoms with Crippen LogP contribution in [0.1, 0.15) is 25.5 Å². The SMILES string of the molecule is CCOc1ccc(OCCNC(=O)C[NH2+][C@H](C)c2ccc(F)cc2F)cc1. The Kier molecular flexibility index (Phi) is 8.00. The van der Waals surface area contributed by atoms with Crippen LogP contribution in [0.3, 0.4) is 0 Å². The predicted molar refractivity (Wildman–Crippen MR) is 97.7 cm³/mol. The first-order chi connectivity index (χ1) is 13.0. The normalized spacial score (nSPS) is 11.7. The molecule has 146 valence electrons. The largest absolute Gasteiger partial charge is 0.494 e. The topological polar surface area (TPSA) is 64.2 Å². The standard InChI is InChI=1S/C20H24F2N2O3/c1-3-26-16-5-7-17(8-6-16)27-11-10-23-20(25)13-24-14(2)18-9-4-15(21)12-19(18)22/h4-9,12,14,24H,3,10-11,13H2,1-2H3,(H,23,25)/p+1/t14-/m1/s1. The second-order valence-electron chi connectivity index (χ2n) is 6.00. The molecule has 0 fully saturated rings. The summed E-state index contributed by atoms with van der Waals surface area (Å²) < 4.78 is 37.6. The van der Waals surface area contributed by atoms with Crippen molar-refractivity contribution >= 4 is 5.91 Å². The summed E-state index contributed by atoms with van der Waals surface area (Å²) in [7, 11) is 0. The van der Waals surface area contributed by atoms with E-state index >= 15 is 0 Å². The van der Waals surface area contributed by atoms with E-state index in [1.807, 2.05) is 19.1 Å². The summed E-state index contributed by atoms with van der Waals surface area (Å²) in [5.41, 5.74) is 0.364. The van der Waals surface area contributed by atoms with Crippen molar-refractivity contribution in [3.05, 3.63) is 59.7 Å². The number of halogens is 2. The maximum absolute atomic E-state index is 13.7. The summed E-state index contributed by atoms with van der Waals surface area (Å²) in [5.74, 6) is 0.0661. The van der Waals surface area contributed by atoms with Gasteiger partial charge in [-0.3, -0.25) is 4.79 Å². The molecule has 0 heterocycles. The van der Waals surface area contributed by atoms with Gasteiger partial charge in [-0.05, 0) is 50.2 Å². The van der Waals surface area contributed by atoms with Crippen LogP contribution in [0.5, 0.6) is 11.5 Å². The van der Waals surface area contributed by atoms with E-state index in [-0.39, 0.29) is 18.5 Å². The summed E-state index contributed by atoms with van der Waals surface area (Å²) in [6.45, 7) is 5.12. The lowest BCUT2D eigenvalue weighted by atomic mass is 10.1. The van der Waals surface area contributed by atoms with Gasteiger partial charge in [0.2, 0.25) is 0 Å². The number of amides is 1. The highest BCUT2D eigenvalue weighted by Gasteiger charge is 2.15. The van der Waals surface area contributed by atoms with Gasteiger partial charge >= 0.3 is 0 Å². The average molecular weight is 379 g/mol. The summed E-state index contributed by atoms with van der Waals surface area (Å²) in [6, 6.07) is 10.4. The third-order valence-corrected chi connectivity index (χ3v) is 3.94. The third-order valence-electron chi connectivity index (χ3n) is 3.94. The van der Waals surface area contributed by atoms with E-state index < -0.39 is 11.6 Å². The molecule has 0 bridgehead atoms. The quantitative estimate of drug-likeness (QED) is 0.622. The van der Waals surface area contributed by atoms with Crippen LogP contribution in [0, 0.1) is 11.6 Å². The molecule has 1 amide bonds. The van der Waals surface area contributed by atoms with E-state index in [9.17, 15) is 13.6 Å². The monoisotopic (exact) mass is 379 g/mol. The second kappa shape index (κ2) is 10.5. The molecular weight excluding hydrogens is 354 g/mol. The molecule has 0 aromatic heterocycles. The highest BCUT2D eigenvalue weighted by molar-refractivity contribution is 5.76. The van der Waals surface area contributed by atoms with Crippen molar-refractivity contribution in [3.8, 4) is 11.5 Å². The molecule has 7 heteroatoms. The molecule has 0 aliphatic rings. The van der Waals surface area contributed by atoms with Gasteiger partial charge in [-0.25, -0.2) is 8.78 Å². The molecule has 0 spiro atoms. The van der Waals surface area contributed by atoms with Crippen LogP contribution in [0.2, 0.25) is 0 Å². The Balaban J connectivity index is 1.65. The van der Waals surface area contributed by atoms with E-state index in [1.165, 1.54) is 12.1 Å². The molecule has 0 aliphatic carbocycles. The number of hydrogen-bond acceptors (Lipinski definition) is 3. The van der Waals surface area contributed by atoms with Crippen molar-refractivity contribution < 1.29 is 28.4 Å². The number of ether oxygens (including phenoxy) is 2. The molecule has 0 aliphatic heterocycles. The molecular formula is C20H25F2N2O3+. The molecule has 0 unspecified atom stereocenters.